The van der Waals surface area contributed by atoms with Crippen LogP contribution in [0.2, 0.25) is 0 Å². The molecule has 2 heterocycles. The Morgan fingerprint density at radius 3 is 2.72 bits per heavy atom. The van der Waals surface area contributed by atoms with E-state index in [1.807, 2.05) is 13.0 Å². The van der Waals surface area contributed by atoms with Gasteiger partial charge in [0.05, 0.1) is 10.5 Å². The number of nitrogens with zero attached hydrogens (tertiary/aromatic N) is 4. The molecular weight excluding hydrogens is 394 g/mol. The molecule has 3 aromatic rings. The molecule has 0 aliphatic heterocycles. The molecule has 29 heavy (non-hydrogen) atoms. The lowest BCUT2D eigenvalue weighted by Gasteiger charge is -2.09. The number of hydrogen-bond acceptors (Lipinski definition) is 9. The maximum atomic E-state index is 12.1. The van der Waals surface area contributed by atoms with Gasteiger partial charge < -0.3 is 10.6 Å². The molecule has 0 radical (unpaired) electrons. The summed E-state index contributed by atoms with van der Waals surface area (Å²) in [5.41, 5.74) is 3.37. The molecule has 1 aromatic carbocycles. The van der Waals surface area contributed by atoms with Crippen LogP contribution in [0.1, 0.15) is 22.3 Å². The van der Waals surface area contributed by atoms with E-state index in [0.717, 1.165) is 12.0 Å². The van der Waals surface area contributed by atoms with Gasteiger partial charge >= 0.3 is 0 Å². The monoisotopic (exact) mass is 413 g/mol. The molecule has 0 aliphatic rings. The zero-order valence-electron chi connectivity index (χ0n) is 15.6. The van der Waals surface area contributed by atoms with Crippen molar-refractivity contribution < 1.29 is 9.72 Å². The maximum Gasteiger partial charge on any atom is 0.292 e. The van der Waals surface area contributed by atoms with E-state index in [9.17, 15) is 14.9 Å². The molecule has 150 valence electrons. The predicted octanol–water partition coefficient (Wildman–Crippen LogP) is 3.32. The third kappa shape index (κ3) is 5.69. The Morgan fingerprint density at radius 2 is 2.03 bits per heavy atom. The highest BCUT2D eigenvalue weighted by Crippen LogP contribution is 2.25. The van der Waals surface area contributed by atoms with Gasteiger partial charge in [-0.3, -0.25) is 20.2 Å². The third-order valence-corrected chi connectivity index (χ3v) is 4.54. The number of anilines is 3. The number of aromatic nitrogens is 3. The number of carbonyl (C=O) groups is 1. The number of aryl methyl sites for hydroxylation is 1. The molecular formula is C18H19N7O3S. The lowest BCUT2D eigenvalue weighted by molar-refractivity contribution is -0.384. The van der Waals surface area contributed by atoms with Gasteiger partial charge in [0.25, 0.3) is 11.6 Å². The molecule has 10 nitrogen and oxygen atoms in total. The second-order valence-corrected chi connectivity index (χ2v) is 6.95. The van der Waals surface area contributed by atoms with Gasteiger partial charge in [-0.25, -0.2) is 4.98 Å². The maximum absolute atomic E-state index is 12.1. The third-order valence-electron chi connectivity index (χ3n) is 3.93. The predicted molar refractivity (Wildman–Crippen MR) is 112 cm³/mol. The van der Waals surface area contributed by atoms with Crippen LogP contribution < -0.4 is 16.0 Å². The largest absolute Gasteiger partial charge is 0.379 e. The van der Waals surface area contributed by atoms with Gasteiger partial charge in [-0.05, 0) is 37.1 Å². The van der Waals surface area contributed by atoms with Crippen LogP contribution in [0, 0.1) is 17.0 Å². The Kier molecular flexibility index (Phi) is 6.63. The van der Waals surface area contributed by atoms with Gasteiger partial charge in [-0.15, -0.1) is 10.2 Å². The van der Waals surface area contributed by atoms with Gasteiger partial charge in [0.2, 0.25) is 5.13 Å². The molecule has 0 bridgehead atoms. The van der Waals surface area contributed by atoms with Gasteiger partial charge in [0.1, 0.15) is 17.0 Å². The molecule has 3 rings (SSSR count). The fourth-order valence-electron chi connectivity index (χ4n) is 2.50. The zero-order valence-corrected chi connectivity index (χ0v) is 16.4. The average Bonchev–Trinajstić information content (AvgIpc) is 3.22. The van der Waals surface area contributed by atoms with Crippen molar-refractivity contribution in [2.75, 3.05) is 29.0 Å². The smallest absolute Gasteiger partial charge is 0.292 e. The summed E-state index contributed by atoms with van der Waals surface area (Å²) in [6, 6.07) is 8.48. The number of pyridine rings is 1. The number of nitrogens with one attached hydrogen (secondary N) is 3. The van der Waals surface area contributed by atoms with Crippen molar-refractivity contribution in [2.45, 2.75) is 13.3 Å². The second kappa shape index (κ2) is 9.55. The van der Waals surface area contributed by atoms with Crippen LogP contribution in [0.3, 0.4) is 0 Å². The minimum atomic E-state index is -0.389. The van der Waals surface area contributed by atoms with Crippen molar-refractivity contribution in [1.82, 2.24) is 15.2 Å². The fourth-order valence-corrected chi connectivity index (χ4v) is 2.94. The molecule has 11 heteroatoms. The molecule has 2 aromatic heterocycles. The summed E-state index contributed by atoms with van der Waals surface area (Å²) >= 11 is 1.24. The van der Waals surface area contributed by atoms with Crippen molar-refractivity contribution in [3.05, 3.63) is 63.3 Å². The highest BCUT2D eigenvalue weighted by molar-refractivity contribution is 7.13. The summed E-state index contributed by atoms with van der Waals surface area (Å²) in [6.45, 7) is 3.01. The minimum absolute atomic E-state index is 0.0713. The quantitative estimate of drug-likeness (QED) is 0.276. The highest BCUT2D eigenvalue weighted by atomic mass is 32.1. The number of hydrogen-bond donors (Lipinski definition) is 3. The number of nitro groups is 1. The Labute approximate surface area is 170 Å². The van der Waals surface area contributed by atoms with Gasteiger partial charge in [0, 0.05) is 25.4 Å². The zero-order chi connectivity index (χ0) is 20.6. The number of amides is 1. The average molecular weight is 413 g/mol. The Morgan fingerprint density at radius 1 is 1.21 bits per heavy atom. The molecule has 0 saturated carbocycles. The first-order chi connectivity index (χ1) is 14.0. The molecule has 0 saturated heterocycles. The van der Waals surface area contributed by atoms with E-state index in [0.29, 0.717) is 35.3 Å². The van der Waals surface area contributed by atoms with E-state index in [-0.39, 0.29) is 16.5 Å². The number of benzene rings is 1. The van der Waals surface area contributed by atoms with Crippen LogP contribution in [-0.4, -0.2) is 39.1 Å². The molecule has 0 fully saturated rings. The second-order valence-electron chi connectivity index (χ2n) is 6.11. The van der Waals surface area contributed by atoms with Crippen molar-refractivity contribution >= 4 is 39.6 Å². The molecule has 0 spiro atoms. The van der Waals surface area contributed by atoms with Crippen molar-refractivity contribution in [3.63, 3.8) is 0 Å². The van der Waals surface area contributed by atoms with E-state index < -0.39 is 0 Å². The van der Waals surface area contributed by atoms with Gasteiger partial charge in [-0.2, -0.15) is 0 Å². The van der Waals surface area contributed by atoms with Crippen LogP contribution in [0.25, 0.3) is 0 Å². The van der Waals surface area contributed by atoms with Gasteiger partial charge in [0.15, 0.2) is 0 Å². The fraction of sp³-hybridized carbons (Fsp3) is 0.222. The number of nitro benzene ring substituents is 1. The summed E-state index contributed by atoms with van der Waals surface area (Å²) in [4.78, 5) is 27.0. The SMILES string of the molecule is Cc1ccc(NCCCNc2ccc(C(=O)Nc3nncs3)cn2)c([N+](=O)[O-])c1. The Hall–Kier alpha value is -3.60. The first-order valence-electron chi connectivity index (χ1n) is 8.79. The summed E-state index contributed by atoms with van der Waals surface area (Å²) in [6.07, 6.45) is 2.21. The van der Waals surface area contributed by atoms with Gasteiger partial charge in [-0.1, -0.05) is 17.4 Å². The summed E-state index contributed by atoms with van der Waals surface area (Å²) < 4.78 is 0. The lowest BCUT2D eigenvalue weighted by atomic mass is 10.2. The van der Waals surface area contributed by atoms with E-state index in [4.69, 9.17) is 0 Å². The summed E-state index contributed by atoms with van der Waals surface area (Å²) in [7, 11) is 0. The van der Waals surface area contributed by atoms with Crippen molar-refractivity contribution in [1.29, 1.82) is 0 Å². The number of carbonyl (C=O) groups excluding carboxylic acids is 1. The first kappa shape index (κ1) is 20.1. The molecule has 0 atom stereocenters. The van der Waals surface area contributed by atoms with Crippen molar-refractivity contribution in [2.24, 2.45) is 0 Å². The van der Waals surface area contributed by atoms with Crippen molar-refractivity contribution in [3.8, 4) is 0 Å². The van der Waals surface area contributed by atoms with E-state index in [1.54, 1.807) is 24.3 Å². The molecule has 1 amide bonds. The van der Waals surface area contributed by atoms with Crippen LogP contribution >= 0.6 is 11.3 Å². The lowest BCUT2D eigenvalue weighted by Crippen LogP contribution is -2.13. The van der Waals surface area contributed by atoms with Crippen LogP contribution in [0.4, 0.5) is 22.3 Å². The topological polar surface area (TPSA) is 135 Å². The van der Waals surface area contributed by atoms with Crippen LogP contribution in [-0.2, 0) is 0 Å². The normalized spacial score (nSPS) is 10.4. The molecule has 3 N–H and O–H groups in total. The standard InChI is InChI=1S/C18H19N7O3S/c1-12-3-5-14(15(9-12)25(27)28)19-7-2-8-20-16-6-4-13(10-21-16)17(26)23-18-24-22-11-29-18/h3-6,9-11,19H,2,7-8H2,1H3,(H,20,21)(H,23,24,26). The van der Waals surface area contributed by atoms with Crippen LogP contribution in [0.15, 0.2) is 42.0 Å². The first-order valence-corrected chi connectivity index (χ1v) is 9.67. The Bertz CT molecular complexity index is 978. The van der Waals surface area contributed by atoms with Crippen LogP contribution in [0.5, 0.6) is 0 Å². The van der Waals surface area contributed by atoms with E-state index in [1.165, 1.54) is 23.0 Å². The van der Waals surface area contributed by atoms with E-state index in [2.05, 4.69) is 31.1 Å². The highest BCUT2D eigenvalue weighted by Gasteiger charge is 2.13. The summed E-state index contributed by atoms with van der Waals surface area (Å²) in [5.74, 6) is 0.337. The number of rotatable bonds is 9. The minimum Gasteiger partial charge on any atom is -0.379 e. The summed E-state index contributed by atoms with van der Waals surface area (Å²) in [5, 5.41) is 27.8. The molecule has 0 unspecified atom stereocenters. The molecule has 0 aliphatic carbocycles. The Balaban J connectivity index is 1.43. The van der Waals surface area contributed by atoms with E-state index >= 15 is 0 Å².